The zero-order valence-electron chi connectivity index (χ0n) is 23.5. The van der Waals surface area contributed by atoms with Crippen LogP contribution in [0.3, 0.4) is 0 Å². The van der Waals surface area contributed by atoms with Crippen molar-refractivity contribution in [3.8, 4) is 11.1 Å². The van der Waals surface area contributed by atoms with Gasteiger partial charge in [0.15, 0.2) is 0 Å². The van der Waals surface area contributed by atoms with Gasteiger partial charge in [0, 0.05) is 11.3 Å². The molecule has 0 aromatic heterocycles. The van der Waals surface area contributed by atoms with Crippen LogP contribution in [0, 0.1) is 12.8 Å². The quantitative estimate of drug-likeness (QED) is 0.133. The summed E-state index contributed by atoms with van der Waals surface area (Å²) in [6, 6.07) is 22.8. The van der Waals surface area contributed by atoms with Crippen molar-refractivity contribution in [3.63, 3.8) is 0 Å². The van der Waals surface area contributed by atoms with E-state index in [1.807, 2.05) is 45.0 Å². The van der Waals surface area contributed by atoms with Gasteiger partial charge in [-0.05, 0) is 65.9 Å². The molecule has 0 saturated carbocycles. The van der Waals surface area contributed by atoms with Gasteiger partial charge in [0.25, 0.3) is 15.9 Å². The smallest absolute Gasteiger partial charge is 0.329 e. The number of nitrogens with one attached hydrogen (secondary N) is 2. The van der Waals surface area contributed by atoms with E-state index in [4.69, 9.17) is 39.5 Å². The summed E-state index contributed by atoms with van der Waals surface area (Å²) in [5.41, 5.74) is 4.06. The number of carbonyl (C=O) groups is 2. The number of aryl methyl sites for hydroxylation is 1. The molecule has 0 unspecified atom stereocenters. The van der Waals surface area contributed by atoms with E-state index in [2.05, 4.69) is 10.0 Å². The Kier molecular flexibility index (Phi) is 10.4. The van der Waals surface area contributed by atoms with Crippen LogP contribution in [-0.4, -0.2) is 26.3 Å². The highest BCUT2D eigenvalue weighted by Gasteiger charge is 2.26. The zero-order valence-corrected chi connectivity index (χ0v) is 26.6. The molecular formula is C32H29Cl3N2O5S. The molecule has 1 amide bonds. The molecule has 0 aliphatic carbocycles. The minimum absolute atomic E-state index is 0.0585. The van der Waals surface area contributed by atoms with Crippen molar-refractivity contribution in [1.82, 2.24) is 5.32 Å². The summed E-state index contributed by atoms with van der Waals surface area (Å²) >= 11 is 18.0. The fourth-order valence-electron chi connectivity index (χ4n) is 4.15. The molecule has 224 valence electrons. The number of anilines is 1. The molecule has 11 heteroatoms. The van der Waals surface area contributed by atoms with E-state index < -0.39 is 27.9 Å². The van der Waals surface area contributed by atoms with Crippen LogP contribution in [0.5, 0.6) is 0 Å². The largest absolute Gasteiger partial charge is 0.459 e. The number of benzene rings is 4. The van der Waals surface area contributed by atoms with Gasteiger partial charge in [0.1, 0.15) is 17.5 Å². The van der Waals surface area contributed by atoms with E-state index >= 15 is 0 Å². The molecule has 43 heavy (non-hydrogen) atoms. The van der Waals surface area contributed by atoms with E-state index in [0.717, 1.165) is 16.7 Å². The van der Waals surface area contributed by atoms with E-state index in [1.165, 1.54) is 12.1 Å². The fraction of sp³-hybridized carbons (Fsp3) is 0.188. The average molecular weight is 660 g/mol. The third-order valence-electron chi connectivity index (χ3n) is 6.57. The maximum atomic E-state index is 13.0. The van der Waals surface area contributed by atoms with Gasteiger partial charge < -0.3 is 10.1 Å². The molecule has 0 bridgehead atoms. The van der Waals surface area contributed by atoms with E-state index in [1.54, 1.807) is 48.5 Å². The molecule has 0 aliphatic heterocycles. The topological polar surface area (TPSA) is 102 Å². The second-order valence-electron chi connectivity index (χ2n) is 10.2. The molecule has 0 radical (unpaired) electrons. The van der Waals surface area contributed by atoms with Crippen LogP contribution >= 0.6 is 34.8 Å². The number of carbonyl (C=O) groups excluding carboxylic acids is 2. The fourth-order valence-corrected chi connectivity index (χ4v) is 6.20. The average Bonchev–Trinajstić information content (AvgIpc) is 2.97. The molecular weight excluding hydrogens is 631 g/mol. The monoisotopic (exact) mass is 658 g/mol. The van der Waals surface area contributed by atoms with E-state index in [9.17, 15) is 18.0 Å². The maximum Gasteiger partial charge on any atom is 0.329 e. The molecule has 1 atom stereocenters. The standard InChI is InChI=1S/C32H29Cl3N2O5S/c1-19(2)30(32(39)42-18-21-9-7-20(3)8-10-21)36-31(38)23-13-11-22(12-14-23)24-5-4-6-25(15-24)37-43(40,41)29-17-27(34)26(33)16-28(29)35/h4-17,19,30,37H,18H2,1-3H3,(H,36,38)/t30-/m0/s1. The minimum atomic E-state index is -4.06. The number of ether oxygens (including phenoxy) is 1. The SMILES string of the molecule is Cc1ccc(COC(=O)[C@@H](NC(=O)c2ccc(-c3cccc(NS(=O)(=O)c4cc(Cl)c(Cl)cc4Cl)c3)cc2)C(C)C)cc1. The number of hydrogen-bond acceptors (Lipinski definition) is 5. The maximum absolute atomic E-state index is 13.0. The third-order valence-corrected chi connectivity index (χ3v) is 9.14. The van der Waals surface area contributed by atoms with Gasteiger partial charge in [-0.3, -0.25) is 9.52 Å². The number of hydrogen-bond donors (Lipinski definition) is 2. The molecule has 4 rings (SSSR count). The number of rotatable bonds is 10. The summed E-state index contributed by atoms with van der Waals surface area (Å²) in [6.07, 6.45) is 0. The Hall–Kier alpha value is -3.56. The number of amides is 1. The highest BCUT2D eigenvalue weighted by Crippen LogP contribution is 2.33. The zero-order chi connectivity index (χ0) is 31.3. The summed E-state index contributed by atoms with van der Waals surface area (Å²) in [7, 11) is -4.06. The highest BCUT2D eigenvalue weighted by atomic mass is 35.5. The lowest BCUT2D eigenvalue weighted by atomic mass is 10.0. The Morgan fingerprint density at radius 2 is 1.47 bits per heavy atom. The molecule has 0 aliphatic rings. The highest BCUT2D eigenvalue weighted by molar-refractivity contribution is 7.92. The van der Waals surface area contributed by atoms with Crippen molar-refractivity contribution in [2.45, 2.75) is 38.3 Å². The summed E-state index contributed by atoms with van der Waals surface area (Å²) in [6.45, 7) is 5.75. The van der Waals surface area contributed by atoms with Crippen molar-refractivity contribution in [1.29, 1.82) is 0 Å². The third kappa shape index (κ3) is 8.30. The van der Waals surface area contributed by atoms with Gasteiger partial charge in [-0.15, -0.1) is 0 Å². The number of esters is 1. The molecule has 0 heterocycles. The van der Waals surface area contributed by atoms with Crippen LogP contribution in [0.15, 0.2) is 89.8 Å². The van der Waals surface area contributed by atoms with Gasteiger partial charge in [0.05, 0.1) is 15.1 Å². The predicted molar refractivity (Wildman–Crippen MR) is 171 cm³/mol. The molecule has 0 saturated heterocycles. The van der Waals surface area contributed by atoms with Crippen molar-refractivity contribution >= 4 is 62.4 Å². The van der Waals surface area contributed by atoms with Crippen molar-refractivity contribution in [2.75, 3.05) is 4.72 Å². The second kappa shape index (κ2) is 13.8. The second-order valence-corrected chi connectivity index (χ2v) is 13.1. The van der Waals surface area contributed by atoms with Crippen LogP contribution < -0.4 is 10.0 Å². The van der Waals surface area contributed by atoms with Crippen LogP contribution in [-0.2, 0) is 26.2 Å². The summed E-state index contributed by atoms with van der Waals surface area (Å²) in [5.74, 6) is -1.13. The molecule has 0 spiro atoms. The van der Waals surface area contributed by atoms with Crippen molar-refractivity contribution in [2.24, 2.45) is 5.92 Å². The van der Waals surface area contributed by atoms with E-state index in [0.29, 0.717) is 16.8 Å². The predicted octanol–water partition coefficient (Wildman–Crippen LogP) is 7.92. The van der Waals surface area contributed by atoms with Crippen LogP contribution in [0.2, 0.25) is 15.1 Å². The van der Waals surface area contributed by atoms with E-state index in [-0.39, 0.29) is 32.5 Å². The van der Waals surface area contributed by atoms with Gasteiger partial charge in [-0.25, -0.2) is 13.2 Å². The van der Waals surface area contributed by atoms with Gasteiger partial charge in [0.2, 0.25) is 0 Å². The van der Waals surface area contributed by atoms with Crippen LogP contribution in [0.4, 0.5) is 5.69 Å². The van der Waals surface area contributed by atoms with Crippen molar-refractivity contribution < 1.29 is 22.7 Å². The Morgan fingerprint density at radius 3 is 2.12 bits per heavy atom. The van der Waals surface area contributed by atoms with Crippen LogP contribution in [0.1, 0.15) is 35.3 Å². The summed E-state index contributed by atoms with van der Waals surface area (Å²) in [5, 5.41) is 2.92. The first kappa shape index (κ1) is 32.4. The van der Waals surface area contributed by atoms with Gasteiger partial charge in [-0.2, -0.15) is 0 Å². The molecule has 4 aromatic rings. The molecule has 7 nitrogen and oxygen atoms in total. The molecule has 4 aromatic carbocycles. The molecule has 0 fully saturated rings. The first-order valence-electron chi connectivity index (χ1n) is 13.2. The lowest BCUT2D eigenvalue weighted by Crippen LogP contribution is -2.45. The Balaban J connectivity index is 1.44. The normalized spacial score (nSPS) is 12.1. The first-order valence-corrected chi connectivity index (χ1v) is 15.9. The lowest BCUT2D eigenvalue weighted by molar-refractivity contribution is -0.148. The number of halogens is 3. The Bertz CT molecular complexity index is 1740. The van der Waals surface area contributed by atoms with Crippen LogP contribution in [0.25, 0.3) is 11.1 Å². The summed E-state index contributed by atoms with van der Waals surface area (Å²) in [4.78, 5) is 25.6. The van der Waals surface area contributed by atoms with Gasteiger partial charge >= 0.3 is 5.97 Å². The summed E-state index contributed by atoms with van der Waals surface area (Å²) < 4.78 is 34.0. The van der Waals surface area contributed by atoms with Crippen molar-refractivity contribution in [3.05, 3.63) is 117 Å². The minimum Gasteiger partial charge on any atom is -0.459 e. The van der Waals surface area contributed by atoms with Gasteiger partial charge in [-0.1, -0.05) is 103 Å². The Morgan fingerprint density at radius 1 is 0.814 bits per heavy atom. The first-order chi connectivity index (χ1) is 20.3. The Labute approximate surface area is 266 Å². The molecule has 2 N–H and O–H groups in total. The number of sulfonamides is 1. The lowest BCUT2D eigenvalue weighted by Gasteiger charge is -2.21.